The van der Waals surface area contributed by atoms with Crippen LogP contribution in [0.2, 0.25) is 0 Å². The summed E-state index contributed by atoms with van der Waals surface area (Å²) in [6, 6.07) is 0. The SMILES string of the molecule is Cc1nn(C)c(OCC(F)(F)F)c1-c1noc(C)c1C(=O)N1CC(O)C1. The van der Waals surface area contributed by atoms with Crippen LogP contribution in [0.3, 0.4) is 0 Å². The van der Waals surface area contributed by atoms with Crippen LogP contribution < -0.4 is 4.74 Å². The van der Waals surface area contributed by atoms with Crippen molar-refractivity contribution >= 4 is 5.91 Å². The number of alkyl halides is 3. The first-order chi connectivity index (χ1) is 12.1. The summed E-state index contributed by atoms with van der Waals surface area (Å²) in [5.74, 6) is -0.365. The average Bonchev–Trinajstić information content (AvgIpc) is 2.99. The Morgan fingerprint density at radius 3 is 2.62 bits per heavy atom. The zero-order chi connectivity index (χ0) is 19.2. The van der Waals surface area contributed by atoms with Gasteiger partial charge in [-0.15, -0.1) is 0 Å². The molecule has 142 valence electrons. The molecule has 1 aliphatic rings. The quantitative estimate of drug-likeness (QED) is 0.871. The normalized spacial score (nSPS) is 15.3. The van der Waals surface area contributed by atoms with E-state index in [1.165, 1.54) is 18.9 Å². The van der Waals surface area contributed by atoms with E-state index in [0.717, 1.165) is 4.68 Å². The van der Waals surface area contributed by atoms with Crippen LogP contribution in [0.15, 0.2) is 4.52 Å². The van der Waals surface area contributed by atoms with Crippen molar-refractivity contribution in [1.29, 1.82) is 0 Å². The van der Waals surface area contributed by atoms with Gasteiger partial charge in [0, 0.05) is 20.1 Å². The molecule has 1 N–H and O–H groups in total. The van der Waals surface area contributed by atoms with Crippen LogP contribution in [0.4, 0.5) is 13.2 Å². The molecule has 0 spiro atoms. The standard InChI is InChI=1S/C15H17F3N4O4/c1-7-10(14(21(3)19-7)25-6-15(16,17)18)12-11(8(2)26-20-12)13(24)22-4-9(23)5-22/h9,23H,4-6H2,1-3H3. The van der Waals surface area contributed by atoms with E-state index in [0.29, 0.717) is 5.69 Å². The molecule has 0 aliphatic carbocycles. The maximum atomic E-state index is 12.7. The van der Waals surface area contributed by atoms with Gasteiger partial charge < -0.3 is 19.3 Å². The summed E-state index contributed by atoms with van der Waals surface area (Å²) >= 11 is 0. The summed E-state index contributed by atoms with van der Waals surface area (Å²) < 4.78 is 48.8. The number of likely N-dealkylation sites (tertiary alicyclic amines) is 1. The van der Waals surface area contributed by atoms with Gasteiger partial charge in [-0.2, -0.15) is 18.3 Å². The van der Waals surface area contributed by atoms with E-state index < -0.39 is 24.8 Å². The largest absolute Gasteiger partial charge is 0.468 e. The number of nitrogens with zero attached hydrogens (tertiary/aromatic N) is 4. The van der Waals surface area contributed by atoms with Crippen molar-refractivity contribution in [3.05, 3.63) is 17.0 Å². The van der Waals surface area contributed by atoms with Crippen LogP contribution in [0.1, 0.15) is 21.8 Å². The fourth-order valence-corrected chi connectivity index (χ4v) is 2.80. The Hall–Kier alpha value is -2.56. The van der Waals surface area contributed by atoms with E-state index in [2.05, 4.69) is 10.3 Å². The number of aliphatic hydroxyl groups is 1. The summed E-state index contributed by atoms with van der Waals surface area (Å²) in [4.78, 5) is 14.1. The van der Waals surface area contributed by atoms with Crippen molar-refractivity contribution in [2.75, 3.05) is 19.7 Å². The first-order valence-corrected chi connectivity index (χ1v) is 7.75. The molecule has 3 rings (SSSR count). The molecule has 0 radical (unpaired) electrons. The highest BCUT2D eigenvalue weighted by Gasteiger charge is 2.36. The maximum Gasteiger partial charge on any atom is 0.422 e. The van der Waals surface area contributed by atoms with Gasteiger partial charge in [0.2, 0.25) is 5.88 Å². The van der Waals surface area contributed by atoms with Crippen LogP contribution in [0.25, 0.3) is 11.3 Å². The molecule has 2 aromatic heterocycles. The van der Waals surface area contributed by atoms with Crippen molar-refractivity contribution < 1.29 is 32.3 Å². The van der Waals surface area contributed by atoms with Crippen LogP contribution in [0, 0.1) is 13.8 Å². The summed E-state index contributed by atoms with van der Waals surface area (Å²) in [6.45, 7) is 1.94. The van der Waals surface area contributed by atoms with Gasteiger partial charge in [-0.3, -0.25) is 4.79 Å². The number of halogens is 3. The third-order valence-electron chi connectivity index (χ3n) is 4.01. The van der Waals surface area contributed by atoms with Crippen molar-refractivity contribution in [3.8, 4) is 17.1 Å². The van der Waals surface area contributed by atoms with Crippen LogP contribution in [-0.2, 0) is 7.05 Å². The number of hydrogen-bond donors (Lipinski definition) is 1. The Labute approximate surface area is 146 Å². The average molecular weight is 374 g/mol. The first-order valence-electron chi connectivity index (χ1n) is 7.75. The topological polar surface area (TPSA) is 93.6 Å². The predicted molar refractivity (Wildman–Crippen MR) is 81.6 cm³/mol. The second-order valence-corrected chi connectivity index (χ2v) is 6.12. The lowest BCUT2D eigenvalue weighted by Crippen LogP contribution is -2.53. The molecule has 1 saturated heterocycles. The van der Waals surface area contributed by atoms with Crippen molar-refractivity contribution in [2.45, 2.75) is 26.1 Å². The Morgan fingerprint density at radius 2 is 2.04 bits per heavy atom. The molecular weight excluding hydrogens is 357 g/mol. The molecule has 26 heavy (non-hydrogen) atoms. The number of aromatic nitrogens is 3. The van der Waals surface area contributed by atoms with Gasteiger partial charge in [-0.05, 0) is 13.8 Å². The lowest BCUT2D eigenvalue weighted by atomic mass is 10.0. The Balaban J connectivity index is 2.01. The van der Waals surface area contributed by atoms with Crippen LogP contribution in [0.5, 0.6) is 5.88 Å². The van der Waals surface area contributed by atoms with Gasteiger partial charge in [0.05, 0.1) is 17.4 Å². The van der Waals surface area contributed by atoms with Gasteiger partial charge >= 0.3 is 6.18 Å². The van der Waals surface area contributed by atoms with Crippen molar-refractivity contribution in [2.24, 2.45) is 7.05 Å². The molecule has 11 heteroatoms. The molecule has 2 aromatic rings. The second-order valence-electron chi connectivity index (χ2n) is 6.12. The second kappa shape index (κ2) is 6.31. The van der Waals surface area contributed by atoms with Crippen molar-refractivity contribution in [1.82, 2.24) is 19.8 Å². The lowest BCUT2D eigenvalue weighted by molar-refractivity contribution is -0.154. The van der Waals surface area contributed by atoms with E-state index in [-0.39, 0.29) is 41.6 Å². The van der Waals surface area contributed by atoms with E-state index in [1.807, 2.05) is 0 Å². The minimum atomic E-state index is -4.53. The maximum absolute atomic E-state index is 12.7. The highest BCUT2D eigenvalue weighted by atomic mass is 19.4. The van der Waals surface area contributed by atoms with Crippen molar-refractivity contribution in [3.63, 3.8) is 0 Å². The molecule has 0 aromatic carbocycles. The molecule has 0 saturated carbocycles. The first kappa shape index (κ1) is 18.2. The number of hydrogen-bond acceptors (Lipinski definition) is 6. The molecule has 0 atom stereocenters. The fraction of sp³-hybridized carbons (Fsp3) is 0.533. The lowest BCUT2D eigenvalue weighted by Gasteiger charge is -2.35. The summed E-state index contributed by atoms with van der Waals surface area (Å²) in [5, 5.41) is 17.3. The number of amides is 1. The van der Waals surface area contributed by atoms with E-state index in [9.17, 15) is 23.1 Å². The molecule has 1 fully saturated rings. The number of aliphatic hydroxyl groups excluding tert-OH is 1. The fourth-order valence-electron chi connectivity index (χ4n) is 2.80. The van der Waals surface area contributed by atoms with Gasteiger partial charge in [0.1, 0.15) is 17.0 Å². The summed E-state index contributed by atoms with van der Waals surface area (Å²) in [6.07, 6.45) is -5.12. The summed E-state index contributed by atoms with van der Waals surface area (Å²) in [7, 11) is 1.43. The molecular formula is C15H17F3N4O4. The smallest absolute Gasteiger partial charge is 0.422 e. The number of carbonyl (C=O) groups excluding carboxylic acids is 1. The summed E-state index contributed by atoms with van der Waals surface area (Å²) in [5.41, 5.74) is 0.690. The predicted octanol–water partition coefficient (Wildman–Crippen LogP) is 1.45. The molecule has 0 unspecified atom stereocenters. The third kappa shape index (κ3) is 3.26. The van der Waals surface area contributed by atoms with E-state index in [4.69, 9.17) is 9.26 Å². The number of carbonyl (C=O) groups is 1. The number of aryl methyl sites for hydroxylation is 3. The minimum Gasteiger partial charge on any atom is -0.468 e. The van der Waals surface area contributed by atoms with Crippen LogP contribution in [-0.4, -0.2) is 62.8 Å². The van der Waals surface area contributed by atoms with Gasteiger partial charge in [0.15, 0.2) is 6.61 Å². The van der Waals surface area contributed by atoms with Gasteiger partial charge in [0.25, 0.3) is 5.91 Å². The zero-order valence-corrected chi connectivity index (χ0v) is 14.3. The zero-order valence-electron chi connectivity index (χ0n) is 14.3. The van der Waals surface area contributed by atoms with E-state index >= 15 is 0 Å². The van der Waals surface area contributed by atoms with Gasteiger partial charge in [-0.25, -0.2) is 4.68 Å². The molecule has 3 heterocycles. The Bertz CT molecular complexity index is 837. The minimum absolute atomic E-state index is 0.0664. The Morgan fingerprint density at radius 1 is 1.38 bits per heavy atom. The van der Waals surface area contributed by atoms with E-state index in [1.54, 1.807) is 6.92 Å². The third-order valence-corrected chi connectivity index (χ3v) is 4.01. The molecule has 1 amide bonds. The van der Waals surface area contributed by atoms with Crippen LogP contribution >= 0.6 is 0 Å². The number of β-amino-alcohol motifs (C(OH)–C–C–N with tert-alkyl or cyclic N) is 1. The molecule has 8 nitrogen and oxygen atoms in total. The molecule has 0 bridgehead atoms. The monoisotopic (exact) mass is 374 g/mol. The number of ether oxygens (including phenoxy) is 1. The highest BCUT2D eigenvalue weighted by molar-refractivity contribution is 6.02. The number of rotatable bonds is 4. The Kier molecular flexibility index (Phi) is 4.42. The molecule has 1 aliphatic heterocycles. The highest BCUT2D eigenvalue weighted by Crippen LogP contribution is 2.37. The van der Waals surface area contributed by atoms with Gasteiger partial charge in [-0.1, -0.05) is 5.16 Å².